The van der Waals surface area contributed by atoms with Crippen LogP contribution in [0.2, 0.25) is 0 Å². The first-order valence-corrected chi connectivity index (χ1v) is 14.5. The minimum Gasteiger partial charge on any atom is -0.744 e. The Kier molecular flexibility index (Phi) is 8.68. The number of carbonyl (C=O) groups is 1. The van der Waals surface area contributed by atoms with E-state index in [2.05, 4.69) is 10.5 Å². The number of hydrogen-bond acceptors (Lipinski definition) is 7. The summed E-state index contributed by atoms with van der Waals surface area (Å²) in [4.78, 5) is 11.5. The third-order valence-corrected chi connectivity index (χ3v) is 7.49. The van der Waals surface area contributed by atoms with Crippen LogP contribution >= 0.6 is 0 Å². The molecule has 4 aromatic carbocycles. The first-order valence-electron chi connectivity index (χ1n) is 13.1. The van der Waals surface area contributed by atoms with E-state index in [4.69, 9.17) is 0 Å². The third-order valence-electron chi connectivity index (χ3n) is 6.55. The number of benzene rings is 4. The van der Waals surface area contributed by atoms with Crippen LogP contribution in [0.4, 0.5) is 11.4 Å². The highest BCUT2D eigenvalue weighted by Gasteiger charge is 2.33. The topological polar surface area (TPSA) is 106 Å². The fourth-order valence-electron chi connectivity index (χ4n) is 4.74. The summed E-state index contributed by atoms with van der Waals surface area (Å²) in [5, 5.41) is 8.29. The standard InChI is InChI=1S/C16H20O3S.C15H14N4O/c1-10(2)14-9-12-7-5-6-8-13(12)16(20(17,18)19)15(14)11(3)4;1-12(20)15-16-18(13-8-4-2-5-9-13)19(17-15)14-10-6-3-7-11-14/h5-11H,1-4H3,(H,17,18,19);2-11H,1H3,(H,16,17). The number of hydrogen-bond donors (Lipinski definition) is 2. The van der Waals surface area contributed by atoms with E-state index < -0.39 is 10.1 Å². The maximum Gasteiger partial charge on any atom is 0.251 e. The van der Waals surface area contributed by atoms with Crippen molar-refractivity contribution in [2.75, 3.05) is 5.12 Å². The second-order valence-electron chi connectivity index (χ2n) is 10.2. The fraction of sp³-hybridized carbons (Fsp3) is 0.226. The van der Waals surface area contributed by atoms with Crippen molar-refractivity contribution in [3.05, 3.63) is 102 Å². The molecule has 1 aliphatic rings. The van der Waals surface area contributed by atoms with Crippen LogP contribution in [0.3, 0.4) is 0 Å². The van der Waals surface area contributed by atoms with Crippen LogP contribution < -0.4 is 15.7 Å². The molecule has 0 spiro atoms. The molecule has 1 atom stereocenters. The van der Waals surface area contributed by atoms with Crippen LogP contribution in [0.15, 0.2) is 101 Å². The van der Waals surface area contributed by atoms with E-state index in [1.807, 2.05) is 112 Å². The minimum absolute atomic E-state index is 0.0178. The molecule has 0 saturated heterocycles. The zero-order valence-corrected chi connectivity index (χ0v) is 24.1. The first kappa shape index (κ1) is 28.9. The van der Waals surface area contributed by atoms with Crippen molar-refractivity contribution in [1.82, 2.24) is 5.43 Å². The Labute approximate surface area is 235 Å². The Morgan fingerprint density at radius 2 is 1.45 bits per heavy atom. The van der Waals surface area contributed by atoms with Crippen LogP contribution in [0.5, 0.6) is 0 Å². The maximum atomic E-state index is 11.8. The van der Waals surface area contributed by atoms with E-state index in [1.54, 1.807) is 12.1 Å². The molecular formula is C31H34N4O4S. The van der Waals surface area contributed by atoms with Gasteiger partial charge in [0.2, 0.25) is 5.78 Å². The number of anilines is 1. The number of amidine groups is 1. The van der Waals surface area contributed by atoms with Crippen LogP contribution in [0.1, 0.15) is 57.6 Å². The number of para-hydroxylation sites is 1. The van der Waals surface area contributed by atoms with Gasteiger partial charge in [0.05, 0.1) is 4.90 Å². The van der Waals surface area contributed by atoms with Gasteiger partial charge in [-0.05, 0) is 51.0 Å². The molecule has 0 fully saturated rings. The van der Waals surface area contributed by atoms with Gasteiger partial charge in [0, 0.05) is 19.1 Å². The van der Waals surface area contributed by atoms with Gasteiger partial charge in [0.1, 0.15) is 15.8 Å². The number of rotatable bonds is 6. The Bertz CT molecular complexity index is 1640. The quantitative estimate of drug-likeness (QED) is 0.321. The van der Waals surface area contributed by atoms with Gasteiger partial charge < -0.3 is 4.55 Å². The number of quaternary nitrogens is 1. The van der Waals surface area contributed by atoms with Crippen molar-refractivity contribution in [2.24, 2.45) is 5.10 Å². The maximum absolute atomic E-state index is 11.8. The molecule has 0 aliphatic carbocycles. The number of Topliss-reactive ketones (excluding diaryl/α,β-unsaturated/α-hetero) is 1. The lowest BCUT2D eigenvalue weighted by Gasteiger charge is -2.24. The van der Waals surface area contributed by atoms with Crippen molar-refractivity contribution in [2.45, 2.75) is 51.3 Å². The van der Waals surface area contributed by atoms with Crippen molar-refractivity contribution in [3.8, 4) is 0 Å². The summed E-state index contributed by atoms with van der Waals surface area (Å²) in [6.45, 7) is 9.37. The molecule has 0 aromatic heterocycles. The van der Waals surface area contributed by atoms with Gasteiger partial charge in [0.15, 0.2) is 5.69 Å². The molecule has 0 bridgehead atoms. The summed E-state index contributed by atoms with van der Waals surface area (Å²) in [6, 6.07) is 28.8. The second kappa shape index (κ2) is 12.0. The smallest absolute Gasteiger partial charge is 0.251 e. The number of ketones is 1. The molecular weight excluding hydrogens is 524 g/mol. The average Bonchev–Trinajstić information content (AvgIpc) is 3.39. The Morgan fingerprint density at radius 3 is 2.00 bits per heavy atom. The van der Waals surface area contributed by atoms with E-state index in [0.717, 1.165) is 27.4 Å². The number of hydrazine groups is 1. The largest absolute Gasteiger partial charge is 0.744 e. The van der Waals surface area contributed by atoms with Crippen LogP contribution in [0, 0.1) is 0 Å². The van der Waals surface area contributed by atoms with Gasteiger partial charge in [-0.2, -0.15) is 0 Å². The molecule has 0 saturated carbocycles. The van der Waals surface area contributed by atoms with Crippen molar-refractivity contribution < 1.29 is 22.9 Å². The molecule has 1 heterocycles. The van der Waals surface area contributed by atoms with Gasteiger partial charge in [-0.15, -0.1) is 0 Å². The summed E-state index contributed by atoms with van der Waals surface area (Å²) in [6.07, 6.45) is 0. The summed E-state index contributed by atoms with van der Waals surface area (Å²) < 4.78 is 35.4. The molecule has 0 radical (unpaired) electrons. The molecule has 0 amide bonds. The van der Waals surface area contributed by atoms with Gasteiger partial charge in [-0.1, -0.05) is 105 Å². The molecule has 2 N–H and O–H groups in total. The SMILES string of the molecule is CC(=O)C1=N[NH+](c2ccccc2)N(c2ccccc2)N1.CC(C)c1cc2ccccc2c(S(=O)(=O)[O-])c1C(C)C. The van der Waals surface area contributed by atoms with E-state index >= 15 is 0 Å². The predicted molar refractivity (Wildman–Crippen MR) is 157 cm³/mol. The molecule has 5 rings (SSSR count). The third kappa shape index (κ3) is 6.22. The Hall–Kier alpha value is -4.05. The van der Waals surface area contributed by atoms with Crippen LogP contribution in [-0.2, 0) is 14.9 Å². The van der Waals surface area contributed by atoms with E-state index in [9.17, 15) is 17.8 Å². The fourth-order valence-corrected chi connectivity index (χ4v) is 5.81. The summed E-state index contributed by atoms with van der Waals surface area (Å²) in [7, 11) is -4.51. The van der Waals surface area contributed by atoms with Gasteiger partial charge in [-0.3, -0.25) is 4.79 Å². The van der Waals surface area contributed by atoms with Gasteiger partial charge >= 0.3 is 0 Å². The lowest BCUT2D eigenvalue weighted by atomic mass is 9.88. The molecule has 9 heteroatoms. The zero-order valence-electron chi connectivity index (χ0n) is 23.3. The highest BCUT2D eigenvalue weighted by molar-refractivity contribution is 7.86. The summed E-state index contributed by atoms with van der Waals surface area (Å²) >= 11 is 0. The number of nitrogens with zero attached hydrogens (tertiary/aromatic N) is 2. The molecule has 40 heavy (non-hydrogen) atoms. The minimum atomic E-state index is -4.51. The second-order valence-corrected chi connectivity index (χ2v) is 11.5. The normalized spacial score (nSPS) is 15.1. The van der Waals surface area contributed by atoms with Gasteiger partial charge in [0.25, 0.3) is 5.84 Å². The lowest BCUT2D eigenvalue weighted by Crippen LogP contribution is -3.10. The Balaban J connectivity index is 0.000000185. The summed E-state index contributed by atoms with van der Waals surface area (Å²) in [5.41, 5.74) is 6.55. The van der Waals surface area contributed by atoms with Crippen molar-refractivity contribution in [3.63, 3.8) is 0 Å². The average molecular weight is 559 g/mol. The van der Waals surface area contributed by atoms with Crippen LogP contribution in [0.25, 0.3) is 10.8 Å². The monoisotopic (exact) mass is 558 g/mol. The van der Waals surface area contributed by atoms with E-state index in [-0.39, 0.29) is 22.5 Å². The lowest BCUT2D eigenvalue weighted by molar-refractivity contribution is -0.846. The Morgan fingerprint density at radius 1 is 0.875 bits per heavy atom. The van der Waals surface area contributed by atoms with E-state index in [0.29, 0.717) is 16.8 Å². The van der Waals surface area contributed by atoms with Gasteiger partial charge in [-0.25, -0.2) is 13.8 Å². The van der Waals surface area contributed by atoms with Crippen molar-refractivity contribution in [1.29, 1.82) is 0 Å². The number of nitrogens with one attached hydrogen (secondary N) is 2. The zero-order chi connectivity index (χ0) is 29.0. The molecule has 4 aromatic rings. The molecule has 8 nitrogen and oxygen atoms in total. The first-order chi connectivity index (χ1) is 19.0. The van der Waals surface area contributed by atoms with Crippen LogP contribution in [-0.4, -0.2) is 24.6 Å². The highest BCUT2D eigenvalue weighted by atomic mass is 32.2. The number of carbonyl (C=O) groups excluding carboxylic acids is 1. The highest BCUT2D eigenvalue weighted by Crippen LogP contribution is 2.37. The molecule has 1 aliphatic heterocycles. The molecule has 208 valence electrons. The van der Waals surface area contributed by atoms with Crippen molar-refractivity contribution >= 4 is 43.9 Å². The summed E-state index contributed by atoms with van der Waals surface area (Å²) in [5.74, 6) is 0.415. The molecule has 1 unspecified atom stereocenters. The number of fused-ring (bicyclic) bond motifs is 1. The predicted octanol–water partition coefficient (Wildman–Crippen LogP) is 5.04. The van der Waals surface area contributed by atoms with E-state index in [1.165, 1.54) is 6.92 Å².